The second-order valence-corrected chi connectivity index (χ2v) is 5.37. The number of hydrogen-bond donors (Lipinski definition) is 1. The first-order valence-electron chi connectivity index (χ1n) is 6.37. The molecule has 108 valence electrons. The Morgan fingerprint density at radius 2 is 2.25 bits per heavy atom. The first kappa shape index (κ1) is 14.6. The molecule has 6 nitrogen and oxygen atoms in total. The van der Waals surface area contributed by atoms with Crippen LogP contribution >= 0.6 is 11.8 Å². The summed E-state index contributed by atoms with van der Waals surface area (Å²) in [6.07, 6.45) is 0.727. The number of carboxylic acid groups (broad SMARTS) is 1. The van der Waals surface area contributed by atoms with Crippen LogP contribution in [-0.4, -0.2) is 31.6 Å². The van der Waals surface area contributed by atoms with E-state index in [0.29, 0.717) is 5.16 Å². The molecule has 0 spiro atoms. The molecule has 0 aliphatic carbocycles. The summed E-state index contributed by atoms with van der Waals surface area (Å²) in [5, 5.41) is 17.6. The van der Waals surface area contributed by atoms with Gasteiger partial charge in [0.15, 0.2) is 5.16 Å². The van der Waals surface area contributed by atoms with Gasteiger partial charge < -0.3 is 9.52 Å². The summed E-state index contributed by atoms with van der Waals surface area (Å²) in [5.74, 6) is 1.57. The standard InChI is InChI=1S/C13H17N3O3S/c1-4-11-14-15-13(20-7-12(17)18)16(11)9(3)10-6-5-8(2)19-10/h5-6,9H,4,7H2,1-3H3,(H,17,18). The fourth-order valence-corrected chi connectivity index (χ4v) is 2.72. The van der Waals surface area contributed by atoms with Crippen molar-refractivity contribution in [2.45, 2.75) is 38.4 Å². The summed E-state index contributed by atoms with van der Waals surface area (Å²) < 4.78 is 7.58. The van der Waals surface area contributed by atoms with Crippen LogP contribution in [0.25, 0.3) is 0 Å². The predicted octanol–water partition coefficient (Wildman–Crippen LogP) is 2.53. The average molecular weight is 295 g/mol. The van der Waals surface area contributed by atoms with Crippen molar-refractivity contribution in [1.82, 2.24) is 14.8 Å². The summed E-state index contributed by atoms with van der Waals surface area (Å²) in [6.45, 7) is 5.88. The minimum atomic E-state index is -0.871. The van der Waals surface area contributed by atoms with E-state index in [-0.39, 0.29) is 11.8 Å². The Morgan fingerprint density at radius 3 is 2.80 bits per heavy atom. The van der Waals surface area contributed by atoms with Gasteiger partial charge in [0, 0.05) is 6.42 Å². The van der Waals surface area contributed by atoms with Crippen LogP contribution in [0.15, 0.2) is 21.7 Å². The number of aliphatic carboxylic acids is 1. The Balaban J connectivity index is 2.32. The molecule has 0 fully saturated rings. The summed E-state index contributed by atoms with van der Waals surface area (Å²) in [4.78, 5) is 10.7. The Morgan fingerprint density at radius 1 is 1.50 bits per heavy atom. The lowest BCUT2D eigenvalue weighted by Crippen LogP contribution is -2.12. The van der Waals surface area contributed by atoms with Crippen LogP contribution in [0.3, 0.4) is 0 Å². The Labute approximate surface area is 121 Å². The van der Waals surface area contributed by atoms with Gasteiger partial charge in [0.2, 0.25) is 0 Å². The first-order chi connectivity index (χ1) is 9.52. The zero-order valence-electron chi connectivity index (χ0n) is 11.7. The monoisotopic (exact) mass is 295 g/mol. The van der Waals surface area contributed by atoms with Crippen LogP contribution < -0.4 is 0 Å². The van der Waals surface area contributed by atoms with Crippen LogP contribution in [0.4, 0.5) is 0 Å². The van der Waals surface area contributed by atoms with E-state index in [0.717, 1.165) is 23.8 Å². The number of furan rings is 1. The number of carboxylic acids is 1. The fourth-order valence-electron chi connectivity index (χ4n) is 1.97. The van der Waals surface area contributed by atoms with Gasteiger partial charge in [-0.1, -0.05) is 18.7 Å². The van der Waals surface area contributed by atoms with Gasteiger partial charge in [0.05, 0.1) is 11.8 Å². The number of carbonyl (C=O) groups is 1. The van der Waals surface area contributed by atoms with E-state index in [4.69, 9.17) is 9.52 Å². The van der Waals surface area contributed by atoms with Crippen molar-refractivity contribution in [3.63, 3.8) is 0 Å². The molecule has 0 aliphatic rings. The van der Waals surface area contributed by atoms with E-state index in [9.17, 15) is 4.79 Å². The second kappa shape index (κ2) is 6.13. The quantitative estimate of drug-likeness (QED) is 0.825. The van der Waals surface area contributed by atoms with Gasteiger partial charge in [0.25, 0.3) is 0 Å². The zero-order chi connectivity index (χ0) is 14.7. The van der Waals surface area contributed by atoms with E-state index < -0.39 is 5.97 Å². The SMILES string of the molecule is CCc1nnc(SCC(=O)O)n1C(C)c1ccc(C)o1. The summed E-state index contributed by atoms with van der Waals surface area (Å²) in [7, 11) is 0. The Bertz CT molecular complexity index is 606. The second-order valence-electron chi connectivity index (χ2n) is 4.43. The van der Waals surface area contributed by atoms with Crippen LogP contribution in [0.1, 0.15) is 37.2 Å². The minimum absolute atomic E-state index is 0.0360. The molecule has 0 aromatic carbocycles. The third-order valence-corrected chi connectivity index (χ3v) is 3.86. The van der Waals surface area contributed by atoms with E-state index in [1.807, 2.05) is 37.5 Å². The molecule has 20 heavy (non-hydrogen) atoms. The molecular formula is C13H17N3O3S. The van der Waals surface area contributed by atoms with Gasteiger partial charge in [-0.05, 0) is 26.0 Å². The smallest absolute Gasteiger partial charge is 0.313 e. The first-order valence-corrected chi connectivity index (χ1v) is 7.36. The molecule has 2 aromatic heterocycles. The van der Waals surface area contributed by atoms with Crippen molar-refractivity contribution in [1.29, 1.82) is 0 Å². The molecule has 0 amide bonds. The van der Waals surface area contributed by atoms with Crippen molar-refractivity contribution in [2.24, 2.45) is 0 Å². The lowest BCUT2D eigenvalue weighted by molar-refractivity contribution is -0.133. The maximum Gasteiger partial charge on any atom is 0.313 e. The number of aromatic nitrogens is 3. The average Bonchev–Trinajstić information content (AvgIpc) is 3.01. The van der Waals surface area contributed by atoms with Crippen LogP contribution in [-0.2, 0) is 11.2 Å². The maximum absolute atomic E-state index is 10.7. The molecule has 1 N–H and O–H groups in total. The van der Waals surface area contributed by atoms with Gasteiger partial charge in [-0.2, -0.15) is 0 Å². The van der Waals surface area contributed by atoms with Gasteiger partial charge in [-0.15, -0.1) is 10.2 Å². The minimum Gasteiger partial charge on any atom is -0.481 e. The number of rotatable bonds is 6. The molecule has 0 aliphatic heterocycles. The normalized spacial score (nSPS) is 12.6. The summed E-state index contributed by atoms with van der Waals surface area (Å²) >= 11 is 1.17. The highest BCUT2D eigenvalue weighted by atomic mass is 32.2. The highest BCUT2D eigenvalue weighted by Gasteiger charge is 2.21. The molecule has 0 saturated heterocycles. The highest BCUT2D eigenvalue weighted by molar-refractivity contribution is 7.99. The lowest BCUT2D eigenvalue weighted by atomic mass is 10.2. The highest BCUT2D eigenvalue weighted by Crippen LogP contribution is 2.27. The molecule has 0 saturated carbocycles. The predicted molar refractivity (Wildman–Crippen MR) is 75.0 cm³/mol. The van der Waals surface area contributed by atoms with Crippen LogP contribution in [0, 0.1) is 6.92 Å². The lowest BCUT2D eigenvalue weighted by Gasteiger charge is -2.15. The van der Waals surface area contributed by atoms with E-state index >= 15 is 0 Å². The molecule has 0 radical (unpaired) electrons. The Kier molecular flexibility index (Phi) is 4.49. The molecule has 1 unspecified atom stereocenters. The van der Waals surface area contributed by atoms with Crippen molar-refractivity contribution in [2.75, 3.05) is 5.75 Å². The molecule has 2 heterocycles. The molecular weight excluding hydrogens is 278 g/mol. The molecule has 1 atom stereocenters. The zero-order valence-corrected chi connectivity index (χ0v) is 12.5. The van der Waals surface area contributed by atoms with Gasteiger partial charge in [-0.3, -0.25) is 9.36 Å². The van der Waals surface area contributed by atoms with Crippen molar-refractivity contribution in [3.8, 4) is 0 Å². The van der Waals surface area contributed by atoms with Crippen LogP contribution in [0.5, 0.6) is 0 Å². The number of nitrogens with zero attached hydrogens (tertiary/aromatic N) is 3. The maximum atomic E-state index is 10.7. The number of thioether (sulfide) groups is 1. The summed E-state index contributed by atoms with van der Waals surface area (Å²) in [6, 6.07) is 3.77. The molecule has 2 rings (SSSR count). The van der Waals surface area contributed by atoms with E-state index in [1.54, 1.807) is 0 Å². The third kappa shape index (κ3) is 3.04. The largest absolute Gasteiger partial charge is 0.481 e. The molecule has 7 heteroatoms. The summed E-state index contributed by atoms with van der Waals surface area (Å²) in [5.41, 5.74) is 0. The van der Waals surface area contributed by atoms with Gasteiger partial charge >= 0.3 is 5.97 Å². The van der Waals surface area contributed by atoms with Crippen molar-refractivity contribution in [3.05, 3.63) is 29.5 Å². The van der Waals surface area contributed by atoms with Gasteiger partial charge in [0.1, 0.15) is 17.3 Å². The van der Waals surface area contributed by atoms with Crippen LogP contribution in [0.2, 0.25) is 0 Å². The Hall–Kier alpha value is -1.76. The fraction of sp³-hybridized carbons (Fsp3) is 0.462. The molecule has 0 bridgehead atoms. The van der Waals surface area contributed by atoms with Crippen molar-refractivity contribution >= 4 is 17.7 Å². The molecule has 2 aromatic rings. The topological polar surface area (TPSA) is 81.1 Å². The number of aryl methyl sites for hydroxylation is 2. The van der Waals surface area contributed by atoms with Gasteiger partial charge in [-0.25, -0.2) is 0 Å². The van der Waals surface area contributed by atoms with E-state index in [2.05, 4.69) is 10.2 Å². The van der Waals surface area contributed by atoms with E-state index in [1.165, 1.54) is 11.8 Å². The third-order valence-electron chi connectivity index (χ3n) is 2.94. The van der Waals surface area contributed by atoms with Crippen molar-refractivity contribution < 1.29 is 14.3 Å². The number of hydrogen-bond acceptors (Lipinski definition) is 5.